The maximum Gasteiger partial charge on any atom is 0.251 e. The largest absolute Gasteiger partial charge is 0.473 e. The van der Waals surface area contributed by atoms with Crippen molar-refractivity contribution in [3.8, 4) is 0 Å². The number of piperidine rings is 1. The van der Waals surface area contributed by atoms with Crippen LogP contribution in [0.25, 0.3) is 0 Å². The van der Waals surface area contributed by atoms with Crippen LogP contribution in [0.2, 0.25) is 0 Å². The topological polar surface area (TPSA) is 54.8 Å². The fourth-order valence-electron chi connectivity index (χ4n) is 2.63. The molecule has 0 spiro atoms. The molecule has 1 aromatic heterocycles. The minimum atomic E-state index is -0.444. The van der Waals surface area contributed by atoms with Crippen LogP contribution in [-0.4, -0.2) is 41.3 Å². The predicted molar refractivity (Wildman–Crippen MR) is 70.8 cm³/mol. The highest BCUT2D eigenvalue weighted by Gasteiger charge is 2.36. The maximum absolute atomic E-state index is 12.5. The van der Waals surface area contributed by atoms with E-state index < -0.39 is 6.04 Å². The molecule has 0 aliphatic carbocycles. The van der Waals surface area contributed by atoms with Crippen molar-refractivity contribution in [1.29, 1.82) is 0 Å². The molecule has 1 amide bonds. The summed E-state index contributed by atoms with van der Waals surface area (Å²) in [6, 6.07) is 3.30. The van der Waals surface area contributed by atoms with E-state index in [1.165, 1.54) is 12.8 Å². The number of aromatic nitrogens is 1. The zero-order valence-electron chi connectivity index (χ0n) is 10.7. The van der Waals surface area contributed by atoms with Crippen LogP contribution in [0, 0.1) is 0 Å². The molecule has 5 nitrogen and oxygen atoms in total. The molecule has 0 N–H and O–H groups in total. The van der Waals surface area contributed by atoms with E-state index in [4.69, 9.17) is 4.74 Å². The quantitative estimate of drug-likeness (QED) is 0.810. The third kappa shape index (κ3) is 2.45. The van der Waals surface area contributed by atoms with Gasteiger partial charge in [0.05, 0.1) is 0 Å². The van der Waals surface area contributed by atoms with Crippen molar-refractivity contribution >= 4 is 12.3 Å². The molecule has 0 aromatic carbocycles. The van der Waals surface area contributed by atoms with Crippen molar-refractivity contribution in [3.05, 3.63) is 30.1 Å². The Bertz CT molecular complexity index is 469. The Morgan fingerprint density at radius 1 is 1.21 bits per heavy atom. The standard InChI is InChI=1S/C14H17N3O2/c18-14(17-8-2-1-3-9-17)12-13(19-10-16-12)11-4-6-15-7-5-11/h4-7,10,12-13H,1-3,8-9H2/t12-,13+/m1/s1. The zero-order valence-corrected chi connectivity index (χ0v) is 10.7. The van der Waals surface area contributed by atoms with Gasteiger partial charge >= 0.3 is 0 Å². The Labute approximate surface area is 112 Å². The Morgan fingerprint density at radius 3 is 2.68 bits per heavy atom. The summed E-state index contributed by atoms with van der Waals surface area (Å²) in [6.07, 6.45) is 7.89. The molecule has 5 heteroatoms. The summed E-state index contributed by atoms with van der Waals surface area (Å²) in [7, 11) is 0. The molecule has 2 aliphatic rings. The van der Waals surface area contributed by atoms with Crippen molar-refractivity contribution in [1.82, 2.24) is 9.88 Å². The third-order valence-electron chi connectivity index (χ3n) is 3.67. The van der Waals surface area contributed by atoms with Crippen molar-refractivity contribution in [2.24, 2.45) is 4.99 Å². The van der Waals surface area contributed by atoms with E-state index in [9.17, 15) is 4.79 Å². The molecular weight excluding hydrogens is 242 g/mol. The molecule has 1 aromatic rings. The maximum atomic E-state index is 12.5. The Morgan fingerprint density at radius 2 is 1.95 bits per heavy atom. The molecule has 1 fully saturated rings. The van der Waals surface area contributed by atoms with Gasteiger partial charge in [-0.1, -0.05) is 0 Å². The van der Waals surface area contributed by atoms with Crippen LogP contribution in [-0.2, 0) is 9.53 Å². The van der Waals surface area contributed by atoms with E-state index in [1.807, 2.05) is 17.0 Å². The molecule has 0 bridgehead atoms. The first-order chi connectivity index (χ1) is 9.36. The van der Waals surface area contributed by atoms with Gasteiger partial charge in [-0.05, 0) is 37.0 Å². The van der Waals surface area contributed by atoms with Gasteiger partial charge in [0.2, 0.25) is 0 Å². The average molecular weight is 259 g/mol. The van der Waals surface area contributed by atoms with E-state index in [2.05, 4.69) is 9.98 Å². The van der Waals surface area contributed by atoms with Crippen LogP contribution in [0.3, 0.4) is 0 Å². The van der Waals surface area contributed by atoms with Crippen LogP contribution in [0.1, 0.15) is 30.9 Å². The second kappa shape index (κ2) is 5.38. The van der Waals surface area contributed by atoms with Crippen molar-refractivity contribution < 1.29 is 9.53 Å². The number of rotatable bonds is 2. The molecule has 2 aliphatic heterocycles. The Hall–Kier alpha value is -1.91. The average Bonchev–Trinajstić information content (AvgIpc) is 2.98. The number of amides is 1. The van der Waals surface area contributed by atoms with Gasteiger partial charge < -0.3 is 9.64 Å². The van der Waals surface area contributed by atoms with Crippen LogP contribution < -0.4 is 0 Å². The summed E-state index contributed by atoms with van der Waals surface area (Å²) in [5.41, 5.74) is 0.947. The number of pyridine rings is 1. The van der Waals surface area contributed by atoms with Gasteiger partial charge in [0.15, 0.2) is 18.5 Å². The van der Waals surface area contributed by atoms with Gasteiger partial charge in [-0.2, -0.15) is 0 Å². The molecule has 0 unspecified atom stereocenters. The van der Waals surface area contributed by atoms with Crippen LogP contribution in [0.5, 0.6) is 0 Å². The summed E-state index contributed by atoms with van der Waals surface area (Å²) in [4.78, 5) is 22.6. The lowest BCUT2D eigenvalue weighted by Crippen LogP contribution is -2.42. The number of likely N-dealkylation sites (tertiary alicyclic amines) is 1. The van der Waals surface area contributed by atoms with Crippen molar-refractivity contribution in [3.63, 3.8) is 0 Å². The van der Waals surface area contributed by atoms with Gasteiger partial charge in [0.1, 0.15) is 0 Å². The van der Waals surface area contributed by atoms with Crippen LogP contribution in [0.4, 0.5) is 0 Å². The fourth-order valence-corrected chi connectivity index (χ4v) is 2.63. The lowest BCUT2D eigenvalue weighted by atomic mass is 10.0. The second-order valence-corrected chi connectivity index (χ2v) is 4.92. The van der Waals surface area contributed by atoms with Crippen molar-refractivity contribution in [2.75, 3.05) is 13.1 Å². The zero-order chi connectivity index (χ0) is 13.1. The van der Waals surface area contributed by atoms with E-state index in [0.717, 1.165) is 31.5 Å². The summed E-state index contributed by atoms with van der Waals surface area (Å²) in [6.45, 7) is 1.68. The number of carbonyl (C=O) groups is 1. The van der Waals surface area contributed by atoms with Crippen LogP contribution >= 0.6 is 0 Å². The molecule has 3 rings (SSSR count). The number of ether oxygens (including phenoxy) is 1. The number of aliphatic imine (C=N–C) groups is 1. The summed E-state index contributed by atoms with van der Waals surface area (Å²) < 4.78 is 5.50. The summed E-state index contributed by atoms with van der Waals surface area (Å²) in [5, 5.41) is 0. The first kappa shape index (κ1) is 12.1. The molecule has 100 valence electrons. The molecular formula is C14H17N3O2. The van der Waals surface area contributed by atoms with Crippen molar-refractivity contribution in [2.45, 2.75) is 31.4 Å². The lowest BCUT2D eigenvalue weighted by Gasteiger charge is -2.29. The van der Waals surface area contributed by atoms with Gasteiger partial charge in [-0.3, -0.25) is 9.78 Å². The number of carbonyl (C=O) groups excluding carboxylic acids is 1. The molecule has 19 heavy (non-hydrogen) atoms. The molecule has 0 saturated carbocycles. The molecule has 1 saturated heterocycles. The van der Waals surface area contributed by atoms with Gasteiger partial charge in [-0.15, -0.1) is 0 Å². The highest BCUT2D eigenvalue weighted by atomic mass is 16.5. The van der Waals surface area contributed by atoms with E-state index >= 15 is 0 Å². The van der Waals surface area contributed by atoms with E-state index in [-0.39, 0.29) is 12.0 Å². The minimum Gasteiger partial charge on any atom is -0.473 e. The highest BCUT2D eigenvalue weighted by Crippen LogP contribution is 2.28. The predicted octanol–water partition coefficient (Wildman–Crippen LogP) is 1.56. The molecule has 0 radical (unpaired) electrons. The first-order valence-electron chi connectivity index (χ1n) is 6.72. The summed E-state index contributed by atoms with van der Waals surface area (Å²) in [5.74, 6) is 0.0789. The van der Waals surface area contributed by atoms with Crippen LogP contribution in [0.15, 0.2) is 29.5 Å². The number of hydrogen-bond acceptors (Lipinski definition) is 4. The molecule has 3 heterocycles. The lowest BCUT2D eigenvalue weighted by molar-refractivity contribution is -0.135. The Balaban J connectivity index is 1.75. The van der Waals surface area contributed by atoms with Gasteiger partial charge in [0.25, 0.3) is 5.91 Å². The third-order valence-corrected chi connectivity index (χ3v) is 3.67. The number of hydrogen-bond donors (Lipinski definition) is 0. The SMILES string of the molecule is O=C([C@@H]1N=CO[C@H]1c1ccncc1)N1CCCCC1. The smallest absolute Gasteiger partial charge is 0.251 e. The minimum absolute atomic E-state index is 0.0789. The normalized spacial score (nSPS) is 26.2. The van der Waals surface area contributed by atoms with E-state index in [0.29, 0.717) is 0 Å². The van der Waals surface area contributed by atoms with E-state index in [1.54, 1.807) is 12.4 Å². The Kier molecular flexibility index (Phi) is 3.44. The monoisotopic (exact) mass is 259 g/mol. The van der Waals surface area contributed by atoms with Gasteiger partial charge in [0, 0.05) is 25.5 Å². The highest BCUT2D eigenvalue weighted by molar-refractivity contribution is 5.85. The fraction of sp³-hybridized carbons (Fsp3) is 0.500. The number of nitrogens with zero attached hydrogens (tertiary/aromatic N) is 3. The first-order valence-corrected chi connectivity index (χ1v) is 6.72. The summed E-state index contributed by atoms with van der Waals surface area (Å²) >= 11 is 0. The van der Waals surface area contributed by atoms with Gasteiger partial charge in [-0.25, -0.2) is 4.99 Å². The molecule has 2 atom stereocenters. The second-order valence-electron chi connectivity index (χ2n) is 4.92.